The van der Waals surface area contributed by atoms with E-state index in [4.69, 9.17) is 34.8 Å². The van der Waals surface area contributed by atoms with Crippen molar-refractivity contribution in [2.24, 2.45) is 41.4 Å². The van der Waals surface area contributed by atoms with Crippen molar-refractivity contribution in [2.75, 3.05) is 0 Å². The first-order chi connectivity index (χ1) is 28.4. The number of ketones is 1. The van der Waals surface area contributed by atoms with E-state index >= 15 is 0 Å². The number of carboxylic acids is 1. The van der Waals surface area contributed by atoms with Gasteiger partial charge >= 0.3 is 12.1 Å². The second kappa shape index (κ2) is 18.9. The number of carbonyl (C=O) groups is 3. The average Bonchev–Trinajstić information content (AvgIpc) is 3.55. The van der Waals surface area contributed by atoms with Crippen molar-refractivity contribution >= 4 is 17.8 Å². The summed E-state index contributed by atoms with van der Waals surface area (Å²) in [6, 6.07) is -0.810. The van der Waals surface area contributed by atoms with Gasteiger partial charge in [-0.2, -0.15) is 0 Å². The molecule has 0 radical (unpaired) electrons. The maximum atomic E-state index is 14.7. The summed E-state index contributed by atoms with van der Waals surface area (Å²) in [6.07, 6.45) is 10.9. The van der Waals surface area contributed by atoms with E-state index in [9.17, 15) is 29.7 Å². The number of carbonyl (C=O) groups excluding carboxylic acids is 2. The number of hydrogen-bond acceptors (Lipinski definition) is 11. The Bertz CT molecular complexity index is 1650. The monoisotopic (exact) mass is 860 g/mol. The Labute approximate surface area is 364 Å². The molecular weight excluding hydrogens is 783 g/mol. The number of alkyl carbamates (subject to hydrolysis) is 1. The number of aliphatic hydroxyl groups is 2. The van der Waals surface area contributed by atoms with Crippen LogP contribution in [0.15, 0.2) is 12.2 Å². The molecule has 4 saturated heterocycles. The zero-order valence-electron chi connectivity index (χ0n) is 38.9. The maximum absolute atomic E-state index is 14.7. The second-order valence-corrected chi connectivity index (χ2v) is 20.1. The molecular formula is C48H77NO12. The number of terminal acetylenes is 1. The number of aliphatic carboxylic acids is 1. The minimum atomic E-state index is -1.43. The van der Waals surface area contributed by atoms with Crippen LogP contribution in [0, 0.1) is 53.8 Å². The van der Waals surface area contributed by atoms with Gasteiger partial charge in [0.2, 0.25) is 0 Å². The standard InChI is InChI=1S/C48H77NO12/c1-14-33(42(52)53)35-19-18-27(5)40(57-35)31(9)38(50)30(8)39(51)34(15-2)41-28(6)26-29(7)47(58-41)23-20-36(49-43(54)59-44(11,12)16-3)48(61-47)25-24-45(13,60-48)37-21-22-46(55,17-4)32(10)56-37/h3,20,23,27-38,40-41,50,55H,14-15,17-19,21-22,24-26H2,1-2,4-13H3,(H,49,54)(H,52,53)/t27-,28-,29+,30-,31-,32-,33+,34?,35+,36+,37+,38+,40+,41-,45-,46+,47-,48-/m0/s1. The Morgan fingerprint density at radius 1 is 0.951 bits per heavy atom. The molecule has 13 heteroatoms. The van der Waals surface area contributed by atoms with Gasteiger partial charge in [-0.1, -0.05) is 67.4 Å². The van der Waals surface area contributed by atoms with Crippen LogP contribution in [0.2, 0.25) is 0 Å². The Balaban J connectivity index is 1.40. The highest BCUT2D eigenvalue weighted by molar-refractivity contribution is 5.84. The quantitative estimate of drug-likeness (QED) is 0.101. The van der Waals surface area contributed by atoms with Crippen LogP contribution in [0.4, 0.5) is 4.79 Å². The zero-order valence-corrected chi connectivity index (χ0v) is 38.9. The Morgan fingerprint density at radius 3 is 2.21 bits per heavy atom. The van der Waals surface area contributed by atoms with Gasteiger partial charge in [-0.25, -0.2) is 4.79 Å². The van der Waals surface area contributed by atoms with Gasteiger partial charge in [-0.15, -0.1) is 6.42 Å². The van der Waals surface area contributed by atoms with Gasteiger partial charge in [0.15, 0.2) is 17.2 Å². The molecule has 0 aromatic heterocycles. The smallest absolute Gasteiger partial charge is 0.409 e. The van der Waals surface area contributed by atoms with Crippen LogP contribution in [0.25, 0.3) is 0 Å². The molecule has 0 aliphatic carbocycles. The lowest BCUT2D eigenvalue weighted by Crippen LogP contribution is -2.66. The van der Waals surface area contributed by atoms with E-state index in [0.29, 0.717) is 57.8 Å². The summed E-state index contributed by atoms with van der Waals surface area (Å²) in [4.78, 5) is 40.1. The summed E-state index contributed by atoms with van der Waals surface area (Å²) in [6.45, 7) is 22.7. The van der Waals surface area contributed by atoms with E-state index in [2.05, 4.69) is 32.0 Å². The van der Waals surface area contributed by atoms with Crippen LogP contribution in [-0.2, 0) is 38.0 Å². The molecule has 61 heavy (non-hydrogen) atoms. The summed E-state index contributed by atoms with van der Waals surface area (Å²) < 4.78 is 40.0. The Hall–Kier alpha value is -2.57. The van der Waals surface area contributed by atoms with Crippen LogP contribution in [0.3, 0.4) is 0 Å². The summed E-state index contributed by atoms with van der Waals surface area (Å²) in [5.41, 5.74) is -2.95. The number of nitrogens with one attached hydrogen (secondary N) is 1. The molecule has 1 unspecified atom stereocenters. The fraction of sp³-hybridized carbons (Fsp3) is 0.854. The maximum Gasteiger partial charge on any atom is 0.409 e. The molecule has 5 aliphatic rings. The van der Waals surface area contributed by atoms with Crippen LogP contribution < -0.4 is 5.32 Å². The lowest BCUT2D eigenvalue weighted by atomic mass is 9.72. The SMILES string of the molecule is C#CC(C)(C)OC(=O)N[C@@H]1C=C[C@]2(O[C@H](C(CC)C(=O)[C@@H](C)[C@@H](O)[C@H](C)[C@@H]3O[C@@H]([C@@H](CC)C(=O)O)CC[C@@H]3C)[C@@H](C)C[C@H]2C)O[C@@]12CC[C@@](C)([C@H]1CC[C@](O)(CC)[C@H](C)O1)O2. The molecule has 0 aromatic carbocycles. The largest absolute Gasteiger partial charge is 0.481 e. The second-order valence-electron chi connectivity index (χ2n) is 20.1. The third kappa shape index (κ3) is 9.91. The van der Waals surface area contributed by atoms with E-state index in [-0.39, 0.29) is 29.6 Å². The molecule has 4 N–H and O–H groups in total. The fourth-order valence-electron chi connectivity index (χ4n) is 11.1. The van der Waals surface area contributed by atoms with Crippen molar-refractivity contribution in [3.63, 3.8) is 0 Å². The number of hydrogen-bond donors (Lipinski definition) is 4. The lowest BCUT2D eigenvalue weighted by Gasteiger charge is -2.55. The molecule has 1 amide bonds. The van der Waals surface area contributed by atoms with Crippen LogP contribution in [0.5, 0.6) is 0 Å². The number of ether oxygens (including phenoxy) is 6. The van der Waals surface area contributed by atoms with E-state index in [0.717, 1.165) is 6.42 Å². The predicted molar refractivity (Wildman–Crippen MR) is 229 cm³/mol. The van der Waals surface area contributed by atoms with Gasteiger partial charge in [0, 0.05) is 30.1 Å². The Kier molecular flexibility index (Phi) is 15.3. The van der Waals surface area contributed by atoms with Gasteiger partial charge in [-0.05, 0) is 103 Å². The molecule has 2 spiro atoms. The number of rotatable bonds is 14. The third-order valence-corrected chi connectivity index (χ3v) is 15.4. The number of aliphatic hydroxyl groups excluding tert-OH is 1. The molecule has 4 fully saturated rings. The van der Waals surface area contributed by atoms with E-state index in [1.807, 2.05) is 53.7 Å². The first-order valence-electron chi connectivity index (χ1n) is 23.2. The topological polar surface area (TPSA) is 179 Å². The molecule has 0 saturated carbocycles. The van der Waals surface area contributed by atoms with Crippen LogP contribution in [0.1, 0.15) is 147 Å². The first-order valence-corrected chi connectivity index (χ1v) is 23.2. The molecule has 18 atom stereocenters. The van der Waals surface area contributed by atoms with Crippen molar-refractivity contribution in [3.05, 3.63) is 12.2 Å². The predicted octanol–water partition coefficient (Wildman–Crippen LogP) is 7.33. The number of Topliss-reactive ketones (excluding diaryl/α,β-unsaturated/α-hetero) is 1. The molecule has 0 aromatic rings. The highest BCUT2D eigenvalue weighted by Gasteiger charge is 2.63. The molecule has 346 valence electrons. The first kappa shape index (κ1) is 49.4. The van der Waals surface area contributed by atoms with E-state index in [1.54, 1.807) is 20.8 Å². The minimum absolute atomic E-state index is 0.0466. The molecule has 0 bridgehead atoms. The van der Waals surface area contributed by atoms with Crippen LogP contribution >= 0.6 is 0 Å². The number of carboxylic acid groups (broad SMARTS) is 1. The Morgan fingerprint density at radius 2 is 1.62 bits per heavy atom. The molecule has 5 aliphatic heterocycles. The number of amides is 1. The van der Waals surface area contributed by atoms with Crippen LogP contribution in [-0.4, -0.2) is 104 Å². The van der Waals surface area contributed by atoms with Crippen molar-refractivity contribution in [1.29, 1.82) is 0 Å². The normalized spacial score (nSPS) is 41.6. The third-order valence-electron chi connectivity index (χ3n) is 15.4. The minimum Gasteiger partial charge on any atom is -0.481 e. The highest BCUT2D eigenvalue weighted by atomic mass is 16.8. The van der Waals surface area contributed by atoms with Gasteiger partial charge in [0.1, 0.15) is 11.8 Å². The summed E-state index contributed by atoms with van der Waals surface area (Å²) in [5.74, 6) is -3.83. The van der Waals surface area contributed by atoms with Gasteiger partial charge in [-0.3, -0.25) is 9.59 Å². The molecule has 5 rings (SSSR count). The molecule has 13 nitrogen and oxygen atoms in total. The fourth-order valence-corrected chi connectivity index (χ4v) is 11.1. The van der Waals surface area contributed by atoms with Crippen molar-refractivity contribution in [1.82, 2.24) is 5.32 Å². The van der Waals surface area contributed by atoms with Gasteiger partial charge in [0.25, 0.3) is 0 Å². The van der Waals surface area contributed by atoms with E-state index < -0.39 is 101 Å². The van der Waals surface area contributed by atoms with Crippen molar-refractivity contribution in [2.45, 2.75) is 218 Å². The summed E-state index contributed by atoms with van der Waals surface area (Å²) in [5, 5.41) is 35.9. The summed E-state index contributed by atoms with van der Waals surface area (Å²) >= 11 is 0. The van der Waals surface area contributed by atoms with Gasteiger partial charge < -0.3 is 49.1 Å². The van der Waals surface area contributed by atoms with Gasteiger partial charge in [0.05, 0.1) is 53.7 Å². The lowest BCUT2D eigenvalue weighted by molar-refractivity contribution is -0.398. The molecule has 5 heterocycles. The summed E-state index contributed by atoms with van der Waals surface area (Å²) in [7, 11) is 0. The zero-order chi connectivity index (χ0) is 45.5. The average molecular weight is 860 g/mol. The van der Waals surface area contributed by atoms with Crippen molar-refractivity contribution < 1.29 is 58.1 Å². The van der Waals surface area contributed by atoms with Crippen molar-refractivity contribution in [3.8, 4) is 12.3 Å². The highest BCUT2D eigenvalue weighted by Crippen LogP contribution is 2.54. The van der Waals surface area contributed by atoms with E-state index in [1.165, 1.54) is 0 Å².